The van der Waals surface area contributed by atoms with Gasteiger partial charge in [-0.05, 0) is 32.6 Å². The van der Waals surface area contributed by atoms with Crippen LogP contribution in [0.2, 0.25) is 0 Å². The standard InChI is InChI=1S/C13H25N3O/c1-2-16(12(17)15-11-6-7-11)13(10-14)8-4-3-5-9-13/h11H,2-10,14H2,1H3,(H,15,17). The molecule has 4 heteroatoms. The van der Waals surface area contributed by atoms with Crippen molar-refractivity contribution in [2.45, 2.75) is 63.5 Å². The van der Waals surface area contributed by atoms with E-state index >= 15 is 0 Å². The van der Waals surface area contributed by atoms with Crippen LogP contribution in [-0.4, -0.2) is 35.6 Å². The topological polar surface area (TPSA) is 58.4 Å². The van der Waals surface area contributed by atoms with Crippen molar-refractivity contribution in [3.8, 4) is 0 Å². The van der Waals surface area contributed by atoms with Crippen molar-refractivity contribution in [3.63, 3.8) is 0 Å². The Bertz CT molecular complexity index is 270. The molecule has 2 aliphatic carbocycles. The SMILES string of the molecule is CCN(C(=O)NC1CC1)C1(CN)CCCCC1. The molecule has 0 heterocycles. The van der Waals surface area contributed by atoms with Gasteiger partial charge in [0.2, 0.25) is 0 Å². The van der Waals surface area contributed by atoms with E-state index in [1.165, 1.54) is 19.3 Å². The minimum Gasteiger partial charge on any atom is -0.335 e. The van der Waals surface area contributed by atoms with Gasteiger partial charge in [-0.2, -0.15) is 0 Å². The zero-order valence-electron chi connectivity index (χ0n) is 10.9. The van der Waals surface area contributed by atoms with Crippen molar-refractivity contribution >= 4 is 6.03 Å². The Morgan fingerprint density at radius 1 is 1.35 bits per heavy atom. The predicted octanol–water partition coefficient (Wildman–Crippen LogP) is 1.84. The molecule has 2 aliphatic rings. The van der Waals surface area contributed by atoms with E-state index in [9.17, 15) is 4.79 Å². The number of rotatable bonds is 4. The lowest BCUT2D eigenvalue weighted by Gasteiger charge is -2.45. The fraction of sp³-hybridized carbons (Fsp3) is 0.923. The van der Waals surface area contributed by atoms with Crippen molar-refractivity contribution in [2.24, 2.45) is 5.73 Å². The first kappa shape index (κ1) is 12.7. The zero-order valence-corrected chi connectivity index (χ0v) is 10.9. The molecule has 0 aliphatic heterocycles. The molecule has 2 rings (SSSR count). The maximum Gasteiger partial charge on any atom is 0.318 e. The number of nitrogens with one attached hydrogen (secondary N) is 1. The number of likely N-dealkylation sites (N-methyl/N-ethyl adjacent to an activating group) is 1. The Hall–Kier alpha value is -0.770. The molecule has 98 valence electrons. The summed E-state index contributed by atoms with van der Waals surface area (Å²) < 4.78 is 0. The van der Waals surface area contributed by atoms with Gasteiger partial charge in [0, 0.05) is 19.1 Å². The second-order valence-electron chi connectivity index (χ2n) is 5.46. The van der Waals surface area contributed by atoms with E-state index in [1.807, 2.05) is 4.90 Å². The number of carbonyl (C=O) groups is 1. The number of urea groups is 1. The lowest BCUT2D eigenvalue weighted by atomic mass is 9.80. The quantitative estimate of drug-likeness (QED) is 0.786. The lowest BCUT2D eigenvalue weighted by molar-refractivity contribution is 0.0874. The molecule has 0 spiro atoms. The van der Waals surface area contributed by atoms with Gasteiger partial charge in [-0.3, -0.25) is 0 Å². The van der Waals surface area contributed by atoms with Crippen LogP contribution in [0, 0.1) is 0 Å². The molecule has 4 nitrogen and oxygen atoms in total. The minimum absolute atomic E-state index is 0.0774. The van der Waals surface area contributed by atoms with Crippen LogP contribution in [0.5, 0.6) is 0 Å². The Kier molecular flexibility index (Phi) is 3.92. The fourth-order valence-electron chi connectivity index (χ4n) is 2.97. The molecule has 0 bridgehead atoms. The van der Waals surface area contributed by atoms with Crippen LogP contribution in [0.1, 0.15) is 51.9 Å². The number of carbonyl (C=O) groups excluding carboxylic acids is 1. The summed E-state index contributed by atoms with van der Waals surface area (Å²) in [6.45, 7) is 3.41. The highest BCUT2D eigenvalue weighted by molar-refractivity contribution is 5.75. The van der Waals surface area contributed by atoms with Gasteiger partial charge in [-0.15, -0.1) is 0 Å². The van der Waals surface area contributed by atoms with Crippen molar-refractivity contribution in [2.75, 3.05) is 13.1 Å². The summed E-state index contributed by atoms with van der Waals surface area (Å²) in [6.07, 6.45) is 8.08. The highest BCUT2D eigenvalue weighted by Crippen LogP contribution is 2.33. The van der Waals surface area contributed by atoms with Crippen LogP contribution >= 0.6 is 0 Å². The molecule has 0 unspecified atom stereocenters. The van der Waals surface area contributed by atoms with Gasteiger partial charge in [0.15, 0.2) is 0 Å². The number of hydrogen-bond acceptors (Lipinski definition) is 2. The second-order valence-corrected chi connectivity index (χ2v) is 5.46. The van der Waals surface area contributed by atoms with Crippen molar-refractivity contribution in [1.29, 1.82) is 0 Å². The molecule has 2 saturated carbocycles. The molecule has 0 saturated heterocycles. The van der Waals surface area contributed by atoms with Crippen LogP contribution in [0.25, 0.3) is 0 Å². The molecular formula is C13H25N3O. The van der Waals surface area contributed by atoms with E-state index in [0.717, 1.165) is 32.2 Å². The number of amides is 2. The monoisotopic (exact) mass is 239 g/mol. The van der Waals surface area contributed by atoms with Gasteiger partial charge in [0.05, 0.1) is 5.54 Å². The van der Waals surface area contributed by atoms with Crippen LogP contribution in [0.3, 0.4) is 0 Å². The van der Waals surface area contributed by atoms with Gasteiger partial charge in [0.1, 0.15) is 0 Å². The van der Waals surface area contributed by atoms with E-state index < -0.39 is 0 Å². The Labute approximate surface area is 104 Å². The average Bonchev–Trinajstić information content (AvgIpc) is 3.15. The predicted molar refractivity (Wildman–Crippen MR) is 68.8 cm³/mol. The lowest BCUT2D eigenvalue weighted by Crippen LogP contribution is -2.59. The van der Waals surface area contributed by atoms with Gasteiger partial charge in [-0.25, -0.2) is 4.79 Å². The summed E-state index contributed by atoms with van der Waals surface area (Å²) >= 11 is 0. The van der Waals surface area contributed by atoms with E-state index in [-0.39, 0.29) is 11.6 Å². The Balaban J connectivity index is 2.04. The summed E-state index contributed by atoms with van der Waals surface area (Å²) in [5, 5.41) is 3.09. The second kappa shape index (κ2) is 5.25. The molecule has 2 amide bonds. The van der Waals surface area contributed by atoms with Crippen LogP contribution < -0.4 is 11.1 Å². The van der Waals surface area contributed by atoms with Gasteiger partial charge < -0.3 is 16.0 Å². The summed E-state index contributed by atoms with van der Waals surface area (Å²) in [4.78, 5) is 14.2. The molecule has 0 atom stereocenters. The van der Waals surface area contributed by atoms with E-state index in [1.54, 1.807) is 0 Å². The number of nitrogens with two attached hydrogens (primary N) is 1. The Morgan fingerprint density at radius 3 is 2.47 bits per heavy atom. The zero-order chi connectivity index (χ0) is 12.3. The average molecular weight is 239 g/mol. The van der Waals surface area contributed by atoms with Gasteiger partial charge in [0.25, 0.3) is 0 Å². The maximum absolute atomic E-state index is 12.2. The van der Waals surface area contributed by atoms with E-state index in [2.05, 4.69) is 12.2 Å². The normalized spacial score (nSPS) is 23.2. The number of hydrogen-bond donors (Lipinski definition) is 2. The summed E-state index contributed by atoms with van der Waals surface area (Å²) in [5.41, 5.74) is 5.90. The first-order valence-electron chi connectivity index (χ1n) is 7.00. The summed E-state index contributed by atoms with van der Waals surface area (Å²) in [7, 11) is 0. The first-order valence-corrected chi connectivity index (χ1v) is 7.00. The molecule has 0 aromatic heterocycles. The third kappa shape index (κ3) is 2.73. The molecule has 2 fully saturated rings. The van der Waals surface area contributed by atoms with Crippen LogP contribution in [0.4, 0.5) is 4.79 Å². The molecule has 0 radical (unpaired) electrons. The fourth-order valence-corrected chi connectivity index (χ4v) is 2.97. The van der Waals surface area contributed by atoms with Gasteiger partial charge >= 0.3 is 6.03 Å². The molecule has 0 aromatic rings. The van der Waals surface area contributed by atoms with Crippen molar-refractivity contribution in [3.05, 3.63) is 0 Å². The summed E-state index contributed by atoms with van der Waals surface area (Å²) in [5.74, 6) is 0. The van der Waals surface area contributed by atoms with E-state index in [4.69, 9.17) is 5.73 Å². The molecule has 3 N–H and O–H groups in total. The van der Waals surface area contributed by atoms with Crippen molar-refractivity contribution in [1.82, 2.24) is 10.2 Å². The summed E-state index contributed by atoms with van der Waals surface area (Å²) in [6, 6.07) is 0.525. The Morgan fingerprint density at radius 2 is 2.00 bits per heavy atom. The largest absolute Gasteiger partial charge is 0.335 e. The smallest absolute Gasteiger partial charge is 0.318 e. The first-order chi connectivity index (χ1) is 8.22. The van der Waals surface area contributed by atoms with Crippen molar-refractivity contribution < 1.29 is 4.79 Å². The number of nitrogens with zero attached hydrogens (tertiary/aromatic N) is 1. The molecule has 17 heavy (non-hydrogen) atoms. The highest BCUT2D eigenvalue weighted by atomic mass is 16.2. The highest BCUT2D eigenvalue weighted by Gasteiger charge is 2.39. The third-order valence-corrected chi connectivity index (χ3v) is 4.20. The maximum atomic E-state index is 12.2. The molecule has 0 aromatic carbocycles. The van der Waals surface area contributed by atoms with Crippen LogP contribution in [0.15, 0.2) is 0 Å². The third-order valence-electron chi connectivity index (χ3n) is 4.20. The molecular weight excluding hydrogens is 214 g/mol. The van der Waals surface area contributed by atoms with Crippen LogP contribution in [-0.2, 0) is 0 Å². The minimum atomic E-state index is -0.0774. The van der Waals surface area contributed by atoms with E-state index in [0.29, 0.717) is 12.6 Å². The van der Waals surface area contributed by atoms with Gasteiger partial charge in [-0.1, -0.05) is 19.3 Å².